The Bertz CT molecular complexity index is 726. The minimum atomic E-state index is -0.645. The Kier molecular flexibility index (Phi) is 5.16. The van der Waals surface area contributed by atoms with Crippen molar-refractivity contribution in [3.8, 4) is 11.3 Å². The number of nitrogens with one attached hydrogen (secondary N) is 1. The molecular formula is C19H24ClN3O2. The van der Waals surface area contributed by atoms with Gasteiger partial charge < -0.3 is 10.0 Å². The smallest absolute Gasteiger partial charge is 0.271 e. The summed E-state index contributed by atoms with van der Waals surface area (Å²) in [6, 6.07) is 9.17. The number of benzene rings is 1. The van der Waals surface area contributed by atoms with Crippen LogP contribution in [0, 0.1) is 5.92 Å². The Morgan fingerprint density at radius 3 is 2.56 bits per heavy atom. The van der Waals surface area contributed by atoms with Gasteiger partial charge in [-0.25, -0.2) is 0 Å². The molecule has 0 radical (unpaired) electrons. The molecule has 1 amide bonds. The van der Waals surface area contributed by atoms with Gasteiger partial charge in [0.1, 0.15) is 5.69 Å². The SMILES string of the molecule is CC(C)(O)CC1CCN(C(=O)c2cc(-c3ccc(Cl)cc3)n[nH]2)CC1. The van der Waals surface area contributed by atoms with Crippen LogP contribution in [-0.4, -0.2) is 44.8 Å². The third-order valence-electron chi connectivity index (χ3n) is 4.64. The number of carbonyl (C=O) groups is 1. The summed E-state index contributed by atoms with van der Waals surface area (Å²) in [5, 5.41) is 17.7. The molecule has 1 aromatic heterocycles. The van der Waals surface area contributed by atoms with Crippen molar-refractivity contribution in [1.82, 2.24) is 15.1 Å². The van der Waals surface area contributed by atoms with Gasteiger partial charge in [-0.05, 0) is 57.2 Å². The van der Waals surface area contributed by atoms with E-state index in [9.17, 15) is 9.90 Å². The van der Waals surface area contributed by atoms with Crippen LogP contribution in [0.4, 0.5) is 0 Å². The lowest BCUT2D eigenvalue weighted by molar-refractivity contribution is 0.0357. The van der Waals surface area contributed by atoms with Gasteiger partial charge in [0.25, 0.3) is 5.91 Å². The Morgan fingerprint density at radius 1 is 1.32 bits per heavy atom. The summed E-state index contributed by atoms with van der Waals surface area (Å²) in [5.41, 5.74) is 1.51. The summed E-state index contributed by atoms with van der Waals surface area (Å²) in [6.07, 6.45) is 2.63. The summed E-state index contributed by atoms with van der Waals surface area (Å²) >= 11 is 5.90. The molecule has 1 aliphatic rings. The van der Waals surface area contributed by atoms with Crippen molar-refractivity contribution in [3.63, 3.8) is 0 Å². The second kappa shape index (κ2) is 7.18. The molecule has 0 saturated carbocycles. The molecule has 0 unspecified atom stereocenters. The highest BCUT2D eigenvalue weighted by Crippen LogP contribution is 2.27. The molecule has 2 N–H and O–H groups in total. The van der Waals surface area contributed by atoms with Crippen LogP contribution in [0.3, 0.4) is 0 Å². The van der Waals surface area contributed by atoms with E-state index in [1.165, 1.54) is 0 Å². The first-order chi connectivity index (χ1) is 11.8. The monoisotopic (exact) mass is 361 g/mol. The van der Waals surface area contributed by atoms with Gasteiger partial charge in [-0.3, -0.25) is 9.89 Å². The third-order valence-corrected chi connectivity index (χ3v) is 4.89. The van der Waals surface area contributed by atoms with E-state index >= 15 is 0 Å². The van der Waals surface area contributed by atoms with E-state index in [1.54, 1.807) is 18.2 Å². The van der Waals surface area contributed by atoms with Crippen LogP contribution < -0.4 is 0 Å². The van der Waals surface area contributed by atoms with E-state index in [4.69, 9.17) is 11.6 Å². The zero-order chi connectivity index (χ0) is 18.0. The van der Waals surface area contributed by atoms with Crippen molar-refractivity contribution in [1.29, 1.82) is 0 Å². The first-order valence-corrected chi connectivity index (χ1v) is 9.02. The van der Waals surface area contributed by atoms with Crippen LogP contribution in [0.25, 0.3) is 11.3 Å². The lowest BCUT2D eigenvalue weighted by Crippen LogP contribution is -2.40. The Morgan fingerprint density at radius 2 is 1.96 bits per heavy atom. The van der Waals surface area contributed by atoms with Crippen molar-refractivity contribution in [2.75, 3.05) is 13.1 Å². The van der Waals surface area contributed by atoms with Crippen molar-refractivity contribution in [2.45, 2.75) is 38.7 Å². The molecule has 5 nitrogen and oxygen atoms in total. The summed E-state index contributed by atoms with van der Waals surface area (Å²) in [5.74, 6) is 0.449. The second-order valence-electron chi connectivity index (χ2n) is 7.43. The van der Waals surface area contributed by atoms with Gasteiger partial charge >= 0.3 is 0 Å². The summed E-state index contributed by atoms with van der Waals surface area (Å²) in [6.45, 7) is 5.12. The number of aromatic nitrogens is 2. The van der Waals surface area contributed by atoms with Gasteiger partial charge in [-0.15, -0.1) is 0 Å². The maximum atomic E-state index is 12.7. The number of likely N-dealkylation sites (tertiary alicyclic amines) is 1. The third kappa shape index (κ3) is 4.61. The first kappa shape index (κ1) is 18.0. The number of hydrogen-bond donors (Lipinski definition) is 2. The van der Waals surface area contributed by atoms with E-state index < -0.39 is 5.60 Å². The highest BCUT2D eigenvalue weighted by Gasteiger charge is 2.28. The number of carbonyl (C=O) groups excluding carboxylic acids is 1. The quantitative estimate of drug-likeness (QED) is 0.871. The van der Waals surface area contributed by atoms with Crippen LogP contribution in [0.1, 0.15) is 43.6 Å². The largest absolute Gasteiger partial charge is 0.390 e. The molecule has 0 bridgehead atoms. The maximum Gasteiger partial charge on any atom is 0.271 e. The van der Waals surface area contributed by atoms with Gasteiger partial charge in [0.15, 0.2) is 0 Å². The fourth-order valence-corrected chi connectivity index (χ4v) is 3.54. The maximum absolute atomic E-state index is 12.7. The Labute approximate surface area is 153 Å². The summed E-state index contributed by atoms with van der Waals surface area (Å²) in [4.78, 5) is 14.5. The fourth-order valence-electron chi connectivity index (χ4n) is 3.42. The van der Waals surface area contributed by atoms with E-state index in [-0.39, 0.29) is 5.91 Å². The molecule has 0 atom stereocenters. The predicted octanol–water partition coefficient (Wildman–Crippen LogP) is 3.74. The molecule has 0 aliphatic carbocycles. The highest BCUT2D eigenvalue weighted by molar-refractivity contribution is 6.30. The number of aromatic amines is 1. The van der Waals surface area contributed by atoms with E-state index in [0.717, 1.165) is 43.6 Å². The van der Waals surface area contributed by atoms with Crippen LogP contribution >= 0.6 is 11.6 Å². The topological polar surface area (TPSA) is 69.2 Å². The molecule has 1 saturated heterocycles. The number of nitrogens with zero attached hydrogens (tertiary/aromatic N) is 2. The van der Waals surface area contributed by atoms with Crippen molar-refractivity contribution >= 4 is 17.5 Å². The first-order valence-electron chi connectivity index (χ1n) is 8.65. The van der Waals surface area contributed by atoms with Crippen LogP contribution in [0.2, 0.25) is 5.02 Å². The van der Waals surface area contributed by atoms with E-state index in [2.05, 4.69) is 10.2 Å². The Balaban J connectivity index is 1.62. The zero-order valence-corrected chi connectivity index (χ0v) is 15.4. The summed E-state index contributed by atoms with van der Waals surface area (Å²) in [7, 11) is 0. The fraction of sp³-hybridized carbons (Fsp3) is 0.474. The molecule has 134 valence electrons. The molecule has 0 spiro atoms. The van der Waals surface area contributed by atoms with Gasteiger partial charge in [-0.1, -0.05) is 23.7 Å². The van der Waals surface area contributed by atoms with E-state index in [0.29, 0.717) is 16.6 Å². The molecule has 1 fully saturated rings. The van der Waals surface area contributed by atoms with E-state index in [1.807, 2.05) is 30.9 Å². The number of amides is 1. The van der Waals surface area contributed by atoms with Crippen molar-refractivity contribution in [2.24, 2.45) is 5.92 Å². The molecule has 3 rings (SSSR count). The van der Waals surface area contributed by atoms with Crippen molar-refractivity contribution in [3.05, 3.63) is 41.0 Å². The number of halogens is 1. The molecule has 1 aromatic carbocycles. The lowest BCUT2D eigenvalue weighted by Gasteiger charge is -2.34. The highest BCUT2D eigenvalue weighted by atomic mass is 35.5. The van der Waals surface area contributed by atoms with Crippen LogP contribution in [0.15, 0.2) is 30.3 Å². The molecule has 2 aromatic rings. The summed E-state index contributed by atoms with van der Waals surface area (Å²) < 4.78 is 0. The molecule has 1 aliphatic heterocycles. The number of rotatable bonds is 4. The standard InChI is InChI=1S/C19H24ClN3O2/c1-19(2,25)12-13-7-9-23(10-8-13)18(24)17-11-16(21-22-17)14-3-5-15(20)6-4-14/h3-6,11,13,25H,7-10,12H2,1-2H3,(H,21,22). The predicted molar refractivity (Wildman–Crippen MR) is 98.6 cm³/mol. The number of hydrogen-bond acceptors (Lipinski definition) is 3. The second-order valence-corrected chi connectivity index (χ2v) is 7.86. The van der Waals surface area contributed by atoms with Crippen LogP contribution in [-0.2, 0) is 0 Å². The minimum absolute atomic E-state index is 0.0191. The number of piperidine rings is 1. The van der Waals surface area contributed by atoms with Gasteiger partial charge in [0.2, 0.25) is 0 Å². The average molecular weight is 362 g/mol. The molecular weight excluding hydrogens is 338 g/mol. The lowest BCUT2D eigenvalue weighted by atomic mass is 9.86. The van der Waals surface area contributed by atoms with Gasteiger partial charge in [0, 0.05) is 23.7 Å². The average Bonchev–Trinajstić information content (AvgIpc) is 3.04. The zero-order valence-electron chi connectivity index (χ0n) is 14.6. The van der Waals surface area contributed by atoms with Gasteiger partial charge in [-0.2, -0.15) is 5.10 Å². The number of H-pyrrole nitrogens is 1. The molecule has 2 heterocycles. The molecule has 25 heavy (non-hydrogen) atoms. The van der Waals surface area contributed by atoms with Gasteiger partial charge in [0.05, 0.1) is 11.3 Å². The normalized spacial score (nSPS) is 16.2. The Hall–Kier alpha value is -1.85. The minimum Gasteiger partial charge on any atom is -0.390 e. The van der Waals surface area contributed by atoms with Crippen LogP contribution in [0.5, 0.6) is 0 Å². The number of aliphatic hydroxyl groups is 1. The van der Waals surface area contributed by atoms with Crippen molar-refractivity contribution < 1.29 is 9.90 Å². The molecule has 6 heteroatoms.